The van der Waals surface area contributed by atoms with Crippen LogP contribution in [0.4, 0.5) is 10.5 Å². The van der Waals surface area contributed by atoms with Crippen molar-refractivity contribution >= 4 is 29.0 Å². The fourth-order valence-corrected chi connectivity index (χ4v) is 3.44. The average Bonchev–Trinajstić information content (AvgIpc) is 3.02. The summed E-state index contributed by atoms with van der Waals surface area (Å²) in [6.45, 7) is 5.45. The summed E-state index contributed by atoms with van der Waals surface area (Å²) in [5.41, 5.74) is 0.773. The van der Waals surface area contributed by atoms with Gasteiger partial charge >= 0.3 is 6.09 Å². The second-order valence-electron chi connectivity index (χ2n) is 8.05. The van der Waals surface area contributed by atoms with Crippen LogP contribution < -0.4 is 10.1 Å². The molecule has 1 N–H and O–H groups in total. The number of aldehydes is 1. The molecule has 1 saturated carbocycles. The monoisotopic (exact) mass is 373 g/mol. The first-order valence-corrected chi connectivity index (χ1v) is 9.31. The molecule has 2 aromatic rings. The molecule has 1 aromatic heterocycles. The number of hydrogen-bond donors (Lipinski definition) is 1. The van der Waals surface area contributed by atoms with Gasteiger partial charge in [0.1, 0.15) is 17.6 Å². The molecule has 1 aliphatic rings. The molecule has 1 amide bonds. The van der Waals surface area contributed by atoms with Gasteiger partial charge in [-0.1, -0.05) is 0 Å². The Labute approximate surface area is 159 Å². The molecule has 0 aliphatic heterocycles. The summed E-state index contributed by atoms with van der Waals surface area (Å²) >= 11 is 0. The summed E-state index contributed by atoms with van der Waals surface area (Å²) in [7, 11) is 1.55. The maximum absolute atomic E-state index is 12.1. The van der Waals surface area contributed by atoms with Crippen LogP contribution in [0.3, 0.4) is 0 Å². The maximum Gasteiger partial charge on any atom is 0.412 e. The molecule has 7 nitrogen and oxygen atoms in total. The van der Waals surface area contributed by atoms with Gasteiger partial charge in [0, 0.05) is 23.6 Å². The predicted octanol–water partition coefficient (Wildman–Crippen LogP) is 4.32. The van der Waals surface area contributed by atoms with E-state index in [2.05, 4.69) is 10.4 Å². The molecule has 3 rings (SSSR count). The zero-order valence-electron chi connectivity index (χ0n) is 16.3. The van der Waals surface area contributed by atoms with Crippen LogP contribution in [0, 0.1) is 5.92 Å². The van der Waals surface area contributed by atoms with E-state index in [1.54, 1.807) is 7.11 Å². The summed E-state index contributed by atoms with van der Waals surface area (Å²) in [4.78, 5) is 23.1. The third kappa shape index (κ3) is 4.59. The lowest BCUT2D eigenvalue weighted by Crippen LogP contribution is -2.27. The number of nitrogens with zero attached hydrogens (tertiary/aromatic N) is 2. The van der Waals surface area contributed by atoms with Gasteiger partial charge in [0.15, 0.2) is 0 Å². The lowest BCUT2D eigenvalue weighted by molar-refractivity contribution is -0.112. The van der Waals surface area contributed by atoms with Crippen LogP contribution in [-0.4, -0.2) is 34.9 Å². The number of carbonyl (C=O) groups is 2. The minimum Gasteiger partial charge on any atom is -0.494 e. The van der Waals surface area contributed by atoms with Crippen LogP contribution in [0.1, 0.15) is 52.5 Å². The lowest BCUT2D eigenvalue weighted by Gasteiger charge is -2.25. The number of rotatable bonds is 4. The van der Waals surface area contributed by atoms with E-state index < -0.39 is 11.7 Å². The average molecular weight is 373 g/mol. The normalized spacial score (nSPS) is 20.3. The lowest BCUT2D eigenvalue weighted by atomic mass is 9.87. The molecule has 1 fully saturated rings. The highest BCUT2D eigenvalue weighted by Gasteiger charge is 2.23. The number of aromatic nitrogens is 2. The molecule has 0 bridgehead atoms. The molecule has 27 heavy (non-hydrogen) atoms. The van der Waals surface area contributed by atoms with Crippen molar-refractivity contribution in [3.8, 4) is 5.75 Å². The zero-order chi connectivity index (χ0) is 19.6. The van der Waals surface area contributed by atoms with E-state index in [4.69, 9.17) is 9.47 Å². The predicted molar refractivity (Wildman–Crippen MR) is 103 cm³/mol. The van der Waals surface area contributed by atoms with Crippen molar-refractivity contribution < 1.29 is 19.1 Å². The number of methoxy groups -OCH3 is 1. The van der Waals surface area contributed by atoms with Gasteiger partial charge in [0.05, 0.1) is 24.4 Å². The fraction of sp³-hybridized carbons (Fsp3) is 0.550. The second kappa shape index (κ2) is 7.58. The molecule has 1 heterocycles. The smallest absolute Gasteiger partial charge is 0.412 e. The van der Waals surface area contributed by atoms with Gasteiger partial charge in [0.25, 0.3) is 0 Å². The standard InChI is InChI=1S/C20H27N3O4/c1-20(2,3)27-19(25)21-17-9-14-11-23(22-16(14)10-18(17)26-4)15-7-5-13(12-24)6-8-15/h9-13,15H,5-8H2,1-4H3,(H,21,25). The Morgan fingerprint density at radius 3 is 2.56 bits per heavy atom. The Kier molecular flexibility index (Phi) is 5.39. The van der Waals surface area contributed by atoms with Gasteiger partial charge in [-0.3, -0.25) is 10.00 Å². The minimum atomic E-state index is -0.577. The number of nitrogens with one attached hydrogen (secondary N) is 1. The van der Waals surface area contributed by atoms with Gasteiger partial charge < -0.3 is 14.3 Å². The highest BCUT2D eigenvalue weighted by molar-refractivity contribution is 5.93. The molecular weight excluding hydrogens is 346 g/mol. The van der Waals surface area contributed by atoms with Gasteiger partial charge in [-0.15, -0.1) is 0 Å². The van der Waals surface area contributed by atoms with E-state index in [0.29, 0.717) is 17.5 Å². The molecule has 0 saturated heterocycles. The number of ether oxygens (including phenoxy) is 2. The Hall–Kier alpha value is -2.57. The van der Waals surface area contributed by atoms with Crippen molar-refractivity contribution in [3.63, 3.8) is 0 Å². The zero-order valence-corrected chi connectivity index (χ0v) is 16.3. The Morgan fingerprint density at radius 2 is 1.96 bits per heavy atom. The number of anilines is 1. The largest absolute Gasteiger partial charge is 0.494 e. The molecule has 1 aliphatic carbocycles. The summed E-state index contributed by atoms with van der Waals surface area (Å²) in [5.74, 6) is 0.708. The van der Waals surface area contributed by atoms with Crippen molar-refractivity contribution in [1.29, 1.82) is 0 Å². The summed E-state index contributed by atoms with van der Waals surface area (Å²) in [6, 6.07) is 3.95. The fourth-order valence-electron chi connectivity index (χ4n) is 3.44. The van der Waals surface area contributed by atoms with Crippen molar-refractivity contribution in [1.82, 2.24) is 9.78 Å². The van der Waals surface area contributed by atoms with Crippen LogP contribution >= 0.6 is 0 Å². The van der Waals surface area contributed by atoms with Crippen LogP contribution in [-0.2, 0) is 9.53 Å². The molecule has 0 radical (unpaired) electrons. The van der Waals surface area contributed by atoms with Gasteiger partial charge in [0.2, 0.25) is 0 Å². The first-order chi connectivity index (χ1) is 12.8. The van der Waals surface area contributed by atoms with Crippen LogP contribution in [0.25, 0.3) is 10.9 Å². The Morgan fingerprint density at radius 1 is 1.26 bits per heavy atom. The van der Waals surface area contributed by atoms with E-state index in [-0.39, 0.29) is 5.92 Å². The number of benzene rings is 1. The number of fused-ring (bicyclic) bond motifs is 1. The first-order valence-electron chi connectivity index (χ1n) is 9.31. The second-order valence-corrected chi connectivity index (χ2v) is 8.05. The highest BCUT2D eigenvalue weighted by Crippen LogP contribution is 2.34. The molecule has 7 heteroatoms. The van der Waals surface area contributed by atoms with E-state index in [9.17, 15) is 9.59 Å². The third-order valence-corrected chi connectivity index (χ3v) is 4.79. The first kappa shape index (κ1) is 19.2. The van der Waals surface area contributed by atoms with E-state index in [0.717, 1.165) is 42.9 Å². The van der Waals surface area contributed by atoms with Crippen LogP contribution in [0.2, 0.25) is 0 Å². The number of carbonyl (C=O) groups excluding carboxylic acids is 2. The van der Waals surface area contributed by atoms with Crippen molar-refractivity contribution in [2.75, 3.05) is 12.4 Å². The van der Waals surface area contributed by atoms with E-state index in [1.807, 2.05) is 43.8 Å². The summed E-state index contributed by atoms with van der Waals surface area (Å²) < 4.78 is 12.7. The van der Waals surface area contributed by atoms with Crippen LogP contribution in [0.5, 0.6) is 5.75 Å². The molecule has 146 valence electrons. The SMILES string of the molecule is COc1cc2nn(C3CCC(C=O)CC3)cc2cc1NC(=O)OC(C)(C)C. The topological polar surface area (TPSA) is 82.5 Å². The number of hydrogen-bond acceptors (Lipinski definition) is 5. The minimum absolute atomic E-state index is 0.177. The Bertz CT molecular complexity index is 830. The quantitative estimate of drug-likeness (QED) is 0.807. The van der Waals surface area contributed by atoms with Crippen molar-refractivity contribution in [3.05, 3.63) is 18.3 Å². The molecule has 0 atom stereocenters. The number of amides is 1. The summed E-state index contributed by atoms with van der Waals surface area (Å²) in [6.07, 6.45) is 6.21. The van der Waals surface area contributed by atoms with E-state index in [1.165, 1.54) is 0 Å². The molecular formula is C20H27N3O4. The van der Waals surface area contributed by atoms with Crippen LogP contribution in [0.15, 0.2) is 18.3 Å². The van der Waals surface area contributed by atoms with Crippen molar-refractivity contribution in [2.45, 2.75) is 58.1 Å². The van der Waals surface area contributed by atoms with E-state index >= 15 is 0 Å². The van der Waals surface area contributed by atoms with Crippen molar-refractivity contribution in [2.24, 2.45) is 5.92 Å². The van der Waals surface area contributed by atoms with Gasteiger partial charge in [-0.2, -0.15) is 5.10 Å². The third-order valence-electron chi connectivity index (χ3n) is 4.79. The Balaban J connectivity index is 1.82. The molecule has 0 unspecified atom stereocenters. The van der Waals surface area contributed by atoms with Gasteiger partial charge in [-0.05, 0) is 52.5 Å². The maximum atomic E-state index is 12.1. The molecule has 0 spiro atoms. The van der Waals surface area contributed by atoms with Gasteiger partial charge in [-0.25, -0.2) is 4.79 Å². The highest BCUT2D eigenvalue weighted by atomic mass is 16.6. The summed E-state index contributed by atoms with van der Waals surface area (Å²) in [5, 5.41) is 8.35. The molecule has 1 aromatic carbocycles.